The number of carbonyl (C=O) groups is 2. The first-order chi connectivity index (χ1) is 22.4. The fraction of sp³-hybridized carbons (Fsp3) is 0.333. The smallest absolute Gasteiger partial charge is 0.409 e. The highest BCUT2D eigenvalue weighted by Crippen LogP contribution is 2.38. The third-order valence-corrected chi connectivity index (χ3v) is 9.14. The van der Waals surface area contributed by atoms with Crippen LogP contribution >= 0.6 is 0 Å². The molecule has 2 amide bonds. The molecule has 46 heavy (non-hydrogen) atoms. The molecule has 7 nitrogen and oxygen atoms in total. The number of amides is 2. The molecule has 4 aromatic carbocycles. The number of benzene rings is 4. The molecule has 0 radical (unpaired) electrons. The second kappa shape index (κ2) is 16.0. The summed E-state index contributed by atoms with van der Waals surface area (Å²) >= 11 is 0. The molecule has 5 rings (SSSR count). The molecule has 0 atom stereocenters. The Morgan fingerprint density at radius 1 is 0.696 bits per heavy atom. The summed E-state index contributed by atoms with van der Waals surface area (Å²) in [7, 11) is 0. The summed E-state index contributed by atoms with van der Waals surface area (Å²) in [5, 5.41) is 22.9. The molecule has 1 fully saturated rings. The standard InChI is InChI=1S/C39H44N2O5/c1-2-3-4-5-27-6-10-29(11-7-27)30-16-24-36(25-17-30)46-35-22-8-28(9-23-35)26-37(31-12-18-33(19-13-31)40-38(42)43)32-14-20-34(21-15-32)41-39(44)45/h8-9,12-25,27,29,37,40-41H,2-7,10-11,26H2,1H3,(H,42,43)(H,44,45). The zero-order chi connectivity index (χ0) is 32.3. The molecule has 7 heteroatoms. The fourth-order valence-electron chi connectivity index (χ4n) is 6.61. The molecule has 1 aliphatic rings. The van der Waals surface area contributed by atoms with Crippen LogP contribution in [-0.2, 0) is 6.42 Å². The van der Waals surface area contributed by atoms with Gasteiger partial charge in [-0.15, -0.1) is 0 Å². The van der Waals surface area contributed by atoms with E-state index in [9.17, 15) is 9.59 Å². The number of anilines is 2. The Bertz CT molecular complexity index is 1480. The molecule has 0 saturated heterocycles. The first kappa shape index (κ1) is 32.6. The van der Waals surface area contributed by atoms with Crippen LogP contribution in [0.2, 0.25) is 0 Å². The van der Waals surface area contributed by atoms with Gasteiger partial charge in [0.2, 0.25) is 0 Å². The van der Waals surface area contributed by atoms with Crippen molar-refractivity contribution in [2.45, 2.75) is 76.5 Å². The average molecular weight is 621 g/mol. The quantitative estimate of drug-likeness (QED) is 0.111. The maximum absolute atomic E-state index is 11.1. The second-order valence-electron chi connectivity index (χ2n) is 12.4. The van der Waals surface area contributed by atoms with E-state index in [1.54, 1.807) is 24.3 Å². The van der Waals surface area contributed by atoms with Crippen molar-refractivity contribution in [3.05, 3.63) is 119 Å². The Morgan fingerprint density at radius 3 is 1.67 bits per heavy atom. The minimum Gasteiger partial charge on any atom is -0.465 e. The van der Waals surface area contributed by atoms with Crippen LogP contribution in [0.25, 0.3) is 0 Å². The molecule has 4 N–H and O–H groups in total. The molecular formula is C39H44N2O5. The minimum absolute atomic E-state index is 0.0384. The van der Waals surface area contributed by atoms with Gasteiger partial charge in [0.05, 0.1) is 0 Å². The van der Waals surface area contributed by atoms with E-state index in [0.717, 1.165) is 34.1 Å². The lowest BCUT2D eigenvalue weighted by Gasteiger charge is -2.29. The van der Waals surface area contributed by atoms with E-state index >= 15 is 0 Å². The topological polar surface area (TPSA) is 108 Å². The molecule has 0 aliphatic heterocycles. The van der Waals surface area contributed by atoms with E-state index < -0.39 is 12.2 Å². The van der Waals surface area contributed by atoms with Gasteiger partial charge in [0.25, 0.3) is 0 Å². The number of hydrogen-bond acceptors (Lipinski definition) is 3. The lowest BCUT2D eigenvalue weighted by molar-refractivity contribution is 0.208. The fourth-order valence-corrected chi connectivity index (χ4v) is 6.61. The van der Waals surface area contributed by atoms with Crippen molar-refractivity contribution in [1.82, 2.24) is 0 Å². The van der Waals surface area contributed by atoms with Crippen molar-refractivity contribution in [3.8, 4) is 11.5 Å². The second-order valence-corrected chi connectivity index (χ2v) is 12.4. The molecule has 1 saturated carbocycles. The van der Waals surface area contributed by atoms with Crippen molar-refractivity contribution in [3.63, 3.8) is 0 Å². The Morgan fingerprint density at radius 2 is 1.20 bits per heavy atom. The van der Waals surface area contributed by atoms with Gasteiger partial charge in [-0.25, -0.2) is 9.59 Å². The van der Waals surface area contributed by atoms with Crippen molar-refractivity contribution in [2.24, 2.45) is 5.92 Å². The lowest BCUT2D eigenvalue weighted by atomic mass is 9.77. The molecule has 0 aromatic heterocycles. The van der Waals surface area contributed by atoms with Crippen LogP contribution in [0, 0.1) is 5.92 Å². The highest BCUT2D eigenvalue weighted by atomic mass is 16.5. The summed E-state index contributed by atoms with van der Waals surface area (Å²) in [5.74, 6) is 3.12. The van der Waals surface area contributed by atoms with Crippen molar-refractivity contribution >= 4 is 23.6 Å². The van der Waals surface area contributed by atoms with Gasteiger partial charge in [-0.05, 0) is 115 Å². The van der Waals surface area contributed by atoms with E-state index in [1.165, 1.54) is 56.9 Å². The molecule has 0 heterocycles. The Labute approximate surface area is 271 Å². The predicted octanol–water partition coefficient (Wildman–Crippen LogP) is 10.9. The van der Waals surface area contributed by atoms with E-state index in [4.69, 9.17) is 14.9 Å². The van der Waals surface area contributed by atoms with Gasteiger partial charge in [0.15, 0.2) is 0 Å². The first-order valence-corrected chi connectivity index (χ1v) is 16.4. The number of nitrogens with one attached hydrogen (secondary N) is 2. The highest BCUT2D eigenvalue weighted by Gasteiger charge is 2.22. The normalized spacial score (nSPS) is 16.1. The number of ether oxygens (including phenoxy) is 1. The van der Waals surface area contributed by atoms with Gasteiger partial charge in [0.1, 0.15) is 11.5 Å². The SMILES string of the molecule is CCCCCC1CCC(c2ccc(Oc3ccc(CC(c4ccc(NC(=O)O)cc4)c4ccc(NC(=O)O)cc4)cc3)cc2)CC1. The van der Waals surface area contributed by atoms with Crippen LogP contribution in [0.4, 0.5) is 21.0 Å². The van der Waals surface area contributed by atoms with Crippen LogP contribution in [0.5, 0.6) is 11.5 Å². The molecule has 0 unspecified atom stereocenters. The average Bonchev–Trinajstić information content (AvgIpc) is 3.06. The predicted molar refractivity (Wildman–Crippen MR) is 184 cm³/mol. The first-order valence-electron chi connectivity index (χ1n) is 16.4. The van der Waals surface area contributed by atoms with E-state index in [0.29, 0.717) is 23.7 Å². The third-order valence-electron chi connectivity index (χ3n) is 9.14. The maximum atomic E-state index is 11.1. The van der Waals surface area contributed by atoms with E-state index in [1.807, 2.05) is 36.4 Å². The van der Waals surface area contributed by atoms with Gasteiger partial charge >= 0.3 is 12.2 Å². The summed E-state index contributed by atoms with van der Waals surface area (Å²) in [6.45, 7) is 2.28. The van der Waals surface area contributed by atoms with Crippen molar-refractivity contribution in [1.29, 1.82) is 0 Å². The Kier molecular flexibility index (Phi) is 11.3. The van der Waals surface area contributed by atoms with E-state index in [2.05, 4.69) is 54.0 Å². The van der Waals surface area contributed by atoms with Gasteiger partial charge in [-0.2, -0.15) is 0 Å². The molecule has 4 aromatic rings. The van der Waals surface area contributed by atoms with Gasteiger partial charge in [-0.1, -0.05) is 81.1 Å². The van der Waals surface area contributed by atoms with Crippen molar-refractivity contribution < 1.29 is 24.5 Å². The van der Waals surface area contributed by atoms with Crippen LogP contribution in [0.1, 0.15) is 92.4 Å². The summed E-state index contributed by atoms with van der Waals surface area (Å²) < 4.78 is 6.20. The number of hydrogen-bond donors (Lipinski definition) is 4. The zero-order valence-electron chi connectivity index (χ0n) is 26.5. The summed E-state index contributed by atoms with van der Waals surface area (Å²) in [4.78, 5) is 22.1. The maximum Gasteiger partial charge on any atom is 0.409 e. The summed E-state index contributed by atoms with van der Waals surface area (Å²) in [5.41, 5.74) is 5.55. The molecular weight excluding hydrogens is 576 g/mol. The van der Waals surface area contributed by atoms with Crippen molar-refractivity contribution in [2.75, 3.05) is 10.6 Å². The van der Waals surface area contributed by atoms with Crippen LogP contribution in [-0.4, -0.2) is 22.4 Å². The van der Waals surface area contributed by atoms with Gasteiger partial charge < -0.3 is 14.9 Å². The number of unbranched alkanes of at least 4 members (excludes halogenated alkanes) is 2. The van der Waals surface area contributed by atoms with Gasteiger partial charge in [-0.3, -0.25) is 10.6 Å². The summed E-state index contributed by atoms with van der Waals surface area (Å²) in [6, 6.07) is 31.4. The molecule has 0 bridgehead atoms. The zero-order valence-corrected chi connectivity index (χ0v) is 26.5. The number of rotatable bonds is 13. The van der Waals surface area contributed by atoms with Crippen LogP contribution < -0.4 is 15.4 Å². The van der Waals surface area contributed by atoms with Crippen LogP contribution in [0.15, 0.2) is 97.1 Å². The van der Waals surface area contributed by atoms with E-state index in [-0.39, 0.29) is 5.92 Å². The summed E-state index contributed by atoms with van der Waals surface area (Å²) in [6.07, 6.45) is 9.16. The number of carboxylic acid groups (broad SMARTS) is 2. The highest BCUT2D eigenvalue weighted by molar-refractivity contribution is 5.83. The van der Waals surface area contributed by atoms with Crippen LogP contribution in [0.3, 0.4) is 0 Å². The lowest BCUT2D eigenvalue weighted by Crippen LogP contribution is -2.13. The largest absolute Gasteiger partial charge is 0.465 e. The third kappa shape index (κ3) is 9.36. The monoisotopic (exact) mass is 620 g/mol. The Balaban J connectivity index is 1.22. The Hall–Kier alpha value is -4.78. The molecule has 0 spiro atoms. The molecule has 1 aliphatic carbocycles. The van der Waals surface area contributed by atoms with Gasteiger partial charge in [0, 0.05) is 17.3 Å². The molecule has 240 valence electrons. The minimum atomic E-state index is -1.11.